The summed E-state index contributed by atoms with van der Waals surface area (Å²) in [5.41, 5.74) is 7.91. The number of carbonyl (C=O) groups excluding carboxylic acids is 1. The van der Waals surface area contributed by atoms with Crippen molar-refractivity contribution in [2.75, 3.05) is 43.1 Å². The molecule has 1 aliphatic heterocycles. The van der Waals surface area contributed by atoms with Crippen molar-refractivity contribution in [2.24, 2.45) is 5.73 Å². The summed E-state index contributed by atoms with van der Waals surface area (Å²) in [5, 5.41) is 7.11. The fourth-order valence-electron chi connectivity index (χ4n) is 3.38. The molecule has 0 radical (unpaired) electrons. The van der Waals surface area contributed by atoms with E-state index in [1.807, 2.05) is 17.0 Å². The van der Waals surface area contributed by atoms with Crippen LogP contribution in [0, 0.1) is 11.2 Å². The number of hydrogen-bond acceptors (Lipinski definition) is 7. The molecule has 1 saturated heterocycles. The van der Waals surface area contributed by atoms with E-state index in [0.717, 1.165) is 24.5 Å². The number of hydrogen-bond donors (Lipinski definition) is 2. The van der Waals surface area contributed by atoms with E-state index in [2.05, 4.69) is 9.88 Å². The Hall–Kier alpha value is -3.20. The number of pyridine rings is 1. The van der Waals surface area contributed by atoms with Gasteiger partial charge in [0.1, 0.15) is 18.9 Å². The third-order valence-electron chi connectivity index (χ3n) is 4.86. The van der Waals surface area contributed by atoms with Crippen LogP contribution in [0.1, 0.15) is 17.7 Å². The third-order valence-corrected chi connectivity index (χ3v) is 4.86. The molecule has 1 aromatic carbocycles. The van der Waals surface area contributed by atoms with Gasteiger partial charge in [0.25, 0.3) is 0 Å². The lowest BCUT2D eigenvalue weighted by Gasteiger charge is -2.37. The molecular formula is C21H26FN5O3. The van der Waals surface area contributed by atoms with Crippen LogP contribution in [0.2, 0.25) is 0 Å². The molecule has 0 aliphatic carbocycles. The molecule has 8 nitrogen and oxygen atoms in total. The number of rotatable bonds is 8. The van der Waals surface area contributed by atoms with E-state index < -0.39 is 11.8 Å². The summed E-state index contributed by atoms with van der Waals surface area (Å²) in [7, 11) is 1.64. The molecule has 30 heavy (non-hydrogen) atoms. The van der Waals surface area contributed by atoms with Gasteiger partial charge in [-0.3, -0.25) is 15.2 Å². The maximum absolute atomic E-state index is 15.0. The monoisotopic (exact) mass is 415 g/mol. The van der Waals surface area contributed by atoms with Gasteiger partial charge in [0.2, 0.25) is 0 Å². The Labute approximate surface area is 174 Å². The summed E-state index contributed by atoms with van der Waals surface area (Å²) >= 11 is 0. The second kappa shape index (κ2) is 10.0. The molecule has 3 N–H and O–H groups in total. The maximum Gasteiger partial charge on any atom is 0.313 e. The Bertz CT molecular complexity index is 900. The van der Waals surface area contributed by atoms with E-state index in [9.17, 15) is 9.18 Å². The number of amidine groups is 1. The minimum Gasteiger partial charge on any atom is -0.460 e. The number of nitrogens with two attached hydrogens (primary N) is 1. The fraction of sp³-hybridized carbons (Fsp3) is 0.381. The van der Waals surface area contributed by atoms with E-state index in [0.29, 0.717) is 30.9 Å². The van der Waals surface area contributed by atoms with Crippen LogP contribution in [0.3, 0.4) is 0 Å². The molecule has 0 saturated carbocycles. The lowest BCUT2D eigenvalue weighted by molar-refractivity contribution is -0.143. The number of nitrogens with one attached hydrogen (secondary N) is 1. The van der Waals surface area contributed by atoms with Gasteiger partial charge in [0.15, 0.2) is 5.82 Å². The first-order valence-electron chi connectivity index (χ1n) is 9.67. The van der Waals surface area contributed by atoms with Crippen LogP contribution in [0.5, 0.6) is 0 Å². The van der Waals surface area contributed by atoms with E-state index in [4.69, 9.17) is 20.6 Å². The highest BCUT2D eigenvalue weighted by molar-refractivity contribution is 5.94. The van der Waals surface area contributed by atoms with Crippen LogP contribution < -0.4 is 15.5 Å². The van der Waals surface area contributed by atoms with Gasteiger partial charge in [-0.1, -0.05) is 12.1 Å². The van der Waals surface area contributed by atoms with Gasteiger partial charge >= 0.3 is 5.97 Å². The van der Waals surface area contributed by atoms with E-state index in [-0.39, 0.29) is 18.9 Å². The second-order valence-electron chi connectivity index (χ2n) is 7.03. The summed E-state index contributed by atoms with van der Waals surface area (Å²) < 4.78 is 25.2. The van der Waals surface area contributed by atoms with Crippen molar-refractivity contribution in [3.63, 3.8) is 0 Å². The number of methoxy groups -OCH3 is 1. The van der Waals surface area contributed by atoms with Gasteiger partial charge in [0, 0.05) is 50.7 Å². The van der Waals surface area contributed by atoms with Crippen molar-refractivity contribution in [1.29, 1.82) is 5.41 Å². The zero-order valence-corrected chi connectivity index (χ0v) is 16.9. The number of esters is 1. The molecule has 3 rings (SSSR count). The highest BCUT2D eigenvalue weighted by atomic mass is 19.1. The van der Waals surface area contributed by atoms with Gasteiger partial charge < -0.3 is 25.0 Å². The summed E-state index contributed by atoms with van der Waals surface area (Å²) in [6.07, 6.45) is 1.47. The molecular weight excluding hydrogens is 389 g/mol. The van der Waals surface area contributed by atoms with Gasteiger partial charge in [-0.2, -0.15) is 0 Å². The van der Waals surface area contributed by atoms with Gasteiger partial charge in [0.05, 0.1) is 18.0 Å². The van der Waals surface area contributed by atoms with Crippen LogP contribution in [-0.2, 0) is 27.5 Å². The highest BCUT2D eigenvalue weighted by Gasteiger charge is 2.21. The molecule has 0 atom stereocenters. The van der Waals surface area contributed by atoms with E-state index in [1.165, 1.54) is 0 Å². The Morgan fingerprint density at radius 2 is 1.93 bits per heavy atom. The largest absolute Gasteiger partial charge is 0.460 e. The molecule has 0 bridgehead atoms. The Morgan fingerprint density at radius 1 is 1.20 bits per heavy atom. The second-order valence-corrected chi connectivity index (χ2v) is 7.03. The quantitative estimate of drug-likeness (QED) is 0.386. The van der Waals surface area contributed by atoms with Crippen molar-refractivity contribution in [1.82, 2.24) is 4.98 Å². The first-order chi connectivity index (χ1) is 14.5. The average Bonchev–Trinajstić information content (AvgIpc) is 2.73. The molecule has 0 spiro atoms. The summed E-state index contributed by atoms with van der Waals surface area (Å²) in [6.45, 7) is 3.08. The molecule has 0 unspecified atom stereocenters. The van der Waals surface area contributed by atoms with Crippen molar-refractivity contribution < 1.29 is 18.7 Å². The van der Waals surface area contributed by atoms with Crippen LogP contribution in [0.15, 0.2) is 36.5 Å². The van der Waals surface area contributed by atoms with Gasteiger partial charge in [-0.15, -0.1) is 0 Å². The number of ether oxygens (including phenoxy) is 2. The van der Waals surface area contributed by atoms with Crippen molar-refractivity contribution in [2.45, 2.75) is 19.6 Å². The maximum atomic E-state index is 15.0. The predicted octanol–water partition coefficient (Wildman–Crippen LogP) is 2.06. The van der Waals surface area contributed by atoms with Gasteiger partial charge in [-0.25, -0.2) is 4.39 Å². The zero-order valence-electron chi connectivity index (χ0n) is 16.9. The van der Waals surface area contributed by atoms with Crippen molar-refractivity contribution in [3.05, 3.63) is 53.6 Å². The third kappa shape index (κ3) is 5.44. The first kappa shape index (κ1) is 21.5. The van der Waals surface area contributed by atoms with Crippen LogP contribution in [-0.4, -0.2) is 50.1 Å². The zero-order chi connectivity index (χ0) is 21.5. The Kier molecular flexibility index (Phi) is 7.18. The van der Waals surface area contributed by atoms with Crippen LogP contribution >= 0.6 is 0 Å². The predicted molar refractivity (Wildman–Crippen MR) is 112 cm³/mol. The summed E-state index contributed by atoms with van der Waals surface area (Å²) in [6, 6.07) is 9.04. The standard InChI is InChI=1S/C21H26FN5O3/c1-29-14-16-11-17(5-6-25-16)26-7-9-27(10-8-26)18-4-2-3-15(21(18)22)13-30-20(28)12-19(23)24/h2-6,11H,7-10,12-14H2,1H3,(H3,23,24). The highest BCUT2D eigenvalue weighted by Crippen LogP contribution is 2.26. The molecule has 160 valence electrons. The number of benzene rings is 1. The molecule has 0 amide bonds. The number of piperazine rings is 1. The number of anilines is 2. The molecule has 1 aliphatic rings. The minimum atomic E-state index is -0.647. The minimum absolute atomic E-state index is 0.189. The SMILES string of the molecule is COCc1cc(N2CCN(c3cccc(COC(=O)CC(=N)N)c3F)CC2)ccn1. The number of halogens is 1. The fourth-order valence-corrected chi connectivity index (χ4v) is 3.38. The van der Waals surface area contributed by atoms with Crippen LogP contribution in [0.25, 0.3) is 0 Å². The average molecular weight is 415 g/mol. The first-order valence-corrected chi connectivity index (χ1v) is 9.67. The molecule has 1 fully saturated rings. The molecule has 9 heteroatoms. The number of nitrogens with zero attached hydrogens (tertiary/aromatic N) is 3. The summed E-state index contributed by atoms with van der Waals surface area (Å²) in [5.74, 6) is -1.32. The number of carbonyl (C=O) groups is 1. The normalized spacial score (nSPS) is 13.9. The number of aromatic nitrogens is 1. The van der Waals surface area contributed by atoms with E-state index in [1.54, 1.807) is 31.5 Å². The molecule has 1 aromatic heterocycles. The van der Waals surface area contributed by atoms with E-state index >= 15 is 0 Å². The van der Waals surface area contributed by atoms with Gasteiger partial charge in [-0.05, 0) is 18.2 Å². The Balaban J connectivity index is 1.62. The Morgan fingerprint density at radius 3 is 2.63 bits per heavy atom. The lowest BCUT2D eigenvalue weighted by atomic mass is 10.1. The summed E-state index contributed by atoms with van der Waals surface area (Å²) in [4.78, 5) is 20.1. The lowest BCUT2D eigenvalue weighted by Crippen LogP contribution is -2.47. The van der Waals surface area contributed by atoms with Crippen LogP contribution in [0.4, 0.5) is 15.8 Å². The molecule has 2 aromatic rings. The molecule has 2 heterocycles. The topological polar surface area (TPSA) is 105 Å². The van der Waals surface area contributed by atoms with Crippen molar-refractivity contribution >= 4 is 23.2 Å². The smallest absolute Gasteiger partial charge is 0.313 e. The van der Waals surface area contributed by atoms with Crippen molar-refractivity contribution in [3.8, 4) is 0 Å².